The lowest BCUT2D eigenvalue weighted by atomic mass is 9.82. The van der Waals surface area contributed by atoms with E-state index < -0.39 is 0 Å². The first-order valence-corrected chi connectivity index (χ1v) is 19.8. The van der Waals surface area contributed by atoms with E-state index in [2.05, 4.69) is 176 Å². The van der Waals surface area contributed by atoms with Gasteiger partial charge in [0.05, 0.1) is 22.4 Å². The van der Waals surface area contributed by atoms with E-state index in [1.807, 2.05) is 12.1 Å². The summed E-state index contributed by atoms with van der Waals surface area (Å²) in [5, 5.41) is 4.79. The quantitative estimate of drug-likeness (QED) is 0.178. The number of hydrogen-bond acceptors (Lipinski definition) is 2. The van der Waals surface area contributed by atoms with Crippen molar-refractivity contribution < 1.29 is 4.42 Å². The highest BCUT2D eigenvalue weighted by Gasteiger charge is 2.36. The van der Waals surface area contributed by atoms with Gasteiger partial charge in [-0.3, -0.25) is 0 Å². The molecule has 0 unspecified atom stereocenters. The number of furan rings is 1. The highest BCUT2D eigenvalue weighted by atomic mass is 16.3. The van der Waals surface area contributed by atoms with Gasteiger partial charge < -0.3 is 8.98 Å². The maximum absolute atomic E-state index is 6.36. The predicted octanol–water partition coefficient (Wildman–Crippen LogP) is 14.1. The van der Waals surface area contributed by atoms with Crippen molar-refractivity contribution in [3.05, 3.63) is 198 Å². The standard InChI is InChI=1S/C53H40N2O/c1-53(2)44-22-10-7-18-38(44)42-33-49-43(32-45(42)53)39-19-8-12-24-48(39)55(49)37-29-27-34(28-30-37)36-17-6-11-23-46(35-15-4-3-5-16-35)54-47(31-36)40-21-14-26-51-52(40)41-20-9-13-25-50(41)56-51/h3-5,7-10,12-16,18-33H,6,11,17H2,1-2H3/b36-31+,46-23+,54-47-. The third-order valence-corrected chi connectivity index (χ3v) is 12.2. The molecule has 7 aromatic carbocycles. The van der Waals surface area contributed by atoms with E-state index in [0.29, 0.717) is 0 Å². The number of benzene rings is 7. The van der Waals surface area contributed by atoms with Crippen molar-refractivity contribution in [3.63, 3.8) is 0 Å². The summed E-state index contributed by atoms with van der Waals surface area (Å²) >= 11 is 0. The second-order valence-corrected chi connectivity index (χ2v) is 15.8. The first-order chi connectivity index (χ1) is 27.5. The second kappa shape index (κ2) is 12.7. The third-order valence-electron chi connectivity index (χ3n) is 12.2. The van der Waals surface area contributed by atoms with Crippen molar-refractivity contribution in [2.45, 2.75) is 38.5 Å². The molecule has 0 fully saturated rings. The van der Waals surface area contributed by atoms with Gasteiger partial charge in [0.1, 0.15) is 11.2 Å². The Bertz CT molecular complexity index is 3110. The average molecular weight is 721 g/mol. The van der Waals surface area contributed by atoms with Gasteiger partial charge in [0, 0.05) is 38.2 Å². The molecule has 0 saturated heterocycles. The van der Waals surface area contributed by atoms with Crippen molar-refractivity contribution in [3.8, 4) is 16.8 Å². The number of allylic oxidation sites excluding steroid dienone is 3. The molecule has 1 aliphatic heterocycles. The minimum atomic E-state index is -0.0507. The summed E-state index contributed by atoms with van der Waals surface area (Å²) in [6.07, 6.45) is 7.55. The van der Waals surface area contributed by atoms with Crippen molar-refractivity contribution >= 4 is 60.7 Å². The molecule has 56 heavy (non-hydrogen) atoms. The molecule has 3 heteroatoms. The molecular formula is C53H40N2O. The third kappa shape index (κ3) is 5.08. The van der Waals surface area contributed by atoms with E-state index in [9.17, 15) is 0 Å². The molecule has 0 amide bonds. The highest BCUT2D eigenvalue weighted by Crippen LogP contribution is 2.51. The predicted molar refractivity (Wildman–Crippen MR) is 235 cm³/mol. The zero-order valence-electron chi connectivity index (χ0n) is 31.6. The molecule has 0 N–H and O–H groups in total. The molecule has 2 aliphatic rings. The van der Waals surface area contributed by atoms with E-state index >= 15 is 0 Å². The van der Waals surface area contributed by atoms with Crippen LogP contribution in [0.15, 0.2) is 179 Å². The zero-order valence-corrected chi connectivity index (χ0v) is 31.6. The fourth-order valence-electron chi connectivity index (χ4n) is 9.39. The SMILES string of the molecule is CC1(C)c2ccccc2-c2cc3c(cc21)c1ccccc1n3-c1ccc(/C2=C/C(c3cccc4oc5ccccc5c34)=N/C(c3ccccc3)=C/CCC2)cc1. The number of rotatable bonds is 4. The highest BCUT2D eigenvalue weighted by molar-refractivity contribution is 6.24. The molecule has 0 spiro atoms. The number of nitrogens with zero attached hydrogens (tertiary/aromatic N) is 2. The minimum absolute atomic E-state index is 0.0507. The van der Waals surface area contributed by atoms with Crippen LogP contribution in [0, 0.1) is 0 Å². The molecule has 3 heterocycles. The van der Waals surface area contributed by atoms with E-state index in [1.165, 1.54) is 55.2 Å². The van der Waals surface area contributed by atoms with Crippen LogP contribution in [0.25, 0.3) is 71.8 Å². The van der Waals surface area contributed by atoms with E-state index in [1.54, 1.807) is 0 Å². The van der Waals surface area contributed by atoms with Gasteiger partial charge in [0.15, 0.2) is 0 Å². The summed E-state index contributed by atoms with van der Waals surface area (Å²) in [5.74, 6) is 0. The Kier molecular flexibility index (Phi) is 7.40. The molecule has 0 radical (unpaired) electrons. The summed E-state index contributed by atoms with van der Waals surface area (Å²) in [6.45, 7) is 4.72. The number of hydrogen-bond donors (Lipinski definition) is 0. The molecule has 3 nitrogen and oxygen atoms in total. The number of para-hydroxylation sites is 2. The summed E-state index contributed by atoms with van der Waals surface area (Å²) in [4.78, 5) is 5.49. The molecule has 0 saturated carbocycles. The van der Waals surface area contributed by atoms with Gasteiger partial charge in [-0.2, -0.15) is 0 Å². The minimum Gasteiger partial charge on any atom is -0.456 e. The molecule has 9 aromatic rings. The first-order valence-electron chi connectivity index (χ1n) is 19.8. The Labute approximate surface area is 326 Å². The van der Waals surface area contributed by atoms with Gasteiger partial charge in [-0.1, -0.05) is 135 Å². The van der Waals surface area contributed by atoms with Crippen LogP contribution >= 0.6 is 0 Å². The molecule has 2 aromatic heterocycles. The smallest absolute Gasteiger partial charge is 0.136 e. The van der Waals surface area contributed by atoms with Gasteiger partial charge in [-0.05, 0) is 107 Å². The van der Waals surface area contributed by atoms with Crippen LogP contribution in [0.4, 0.5) is 0 Å². The van der Waals surface area contributed by atoms with Crippen LogP contribution in [-0.2, 0) is 5.41 Å². The molecule has 11 rings (SSSR count). The lowest BCUT2D eigenvalue weighted by Gasteiger charge is -2.21. The largest absolute Gasteiger partial charge is 0.456 e. The van der Waals surface area contributed by atoms with Crippen LogP contribution < -0.4 is 0 Å². The fourth-order valence-corrected chi connectivity index (χ4v) is 9.39. The van der Waals surface area contributed by atoms with E-state index in [4.69, 9.17) is 9.41 Å². The normalized spacial score (nSPS) is 18.0. The Hall–Kier alpha value is -6.71. The monoisotopic (exact) mass is 720 g/mol. The molecule has 0 bridgehead atoms. The Morgan fingerprint density at radius 3 is 2.18 bits per heavy atom. The Balaban J connectivity index is 1.07. The Morgan fingerprint density at radius 2 is 1.30 bits per heavy atom. The van der Waals surface area contributed by atoms with E-state index in [0.717, 1.165) is 69.4 Å². The summed E-state index contributed by atoms with van der Waals surface area (Å²) < 4.78 is 8.81. The molecule has 0 atom stereocenters. The number of fused-ring (bicyclic) bond motifs is 9. The summed E-state index contributed by atoms with van der Waals surface area (Å²) in [7, 11) is 0. The van der Waals surface area contributed by atoms with Crippen molar-refractivity contribution in [2.24, 2.45) is 4.99 Å². The second-order valence-electron chi connectivity index (χ2n) is 15.8. The van der Waals surface area contributed by atoms with Gasteiger partial charge in [0.2, 0.25) is 0 Å². The summed E-state index contributed by atoms with van der Waals surface area (Å²) in [6, 6.07) is 57.1. The van der Waals surface area contributed by atoms with Gasteiger partial charge in [0.25, 0.3) is 0 Å². The average Bonchev–Trinajstić information content (AvgIpc) is 3.88. The number of aliphatic imine (C=N–C) groups is 1. The molecule has 268 valence electrons. The maximum atomic E-state index is 6.36. The van der Waals surface area contributed by atoms with Gasteiger partial charge in [-0.25, -0.2) is 4.99 Å². The van der Waals surface area contributed by atoms with Crippen molar-refractivity contribution in [2.75, 3.05) is 0 Å². The lowest BCUT2D eigenvalue weighted by molar-refractivity contribution is 0.661. The Morgan fingerprint density at radius 1 is 0.571 bits per heavy atom. The maximum Gasteiger partial charge on any atom is 0.136 e. The lowest BCUT2D eigenvalue weighted by Crippen LogP contribution is -2.14. The van der Waals surface area contributed by atoms with Crippen LogP contribution in [0.1, 0.15) is 60.9 Å². The van der Waals surface area contributed by atoms with Gasteiger partial charge >= 0.3 is 0 Å². The van der Waals surface area contributed by atoms with Crippen molar-refractivity contribution in [1.82, 2.24) is 4.57 Å². The van der Waals surface area contributed by atoms with Gasteiger partial charge in [-0.15, -0.1) is 0 Å². The van der Waals surface area contributed by atoms with Crippen LogP contribution in [-0.4, -0.2) is 10.3 Å². The number of aromatic nitrogens is 1. The van der Waals surface area contributed by atoms with Crippen LogP contribution in [0.2, 0.25) is 0 Å². The van der Waals surface area contributed by atoms with Crippen molar-refractivity contribution in [1.29, 1.82) is 0 Å². The van der Waals surface area contributed by atoms with Crippen LogP contribution in [0.5, 0.6) is 0 Å². The fraction of sp³-hybridized carbons (Fsp3) is 0.113. The van der Waals surface area contributed by atoms with E-state index in [-0.39, 0.29) is 5.41 Å². The van der Waals surface area contributed by atoms with Crippen LogP contribution in [0.3, 0.4) is 0 Å². The summed E-state index contributed by atoms with van der Waals surface area (Å²) in [5.41, 5.74) is 17.5. The zero-order chi connectivity index (χ0) is 37.4. The molecular weight excluding hydrogens is 681 g/mol. The first kappa shape index (κ1) is 32.7. The topological polar surface area (TPSA) is 30.4 Å². The molecule has 1 aliphatic carbocycles.